The van der Waals surface area contributed by atoms with Gasteiger partial charge >= 0.3 is 5.97 Å². The lowest BCUT2D eigenvalue weighted by Gasteiger charge is -2.24. The molecule has 2 N–H and O–H groups in total. The SMILES string of the molecule is CCN(c1ccccc1)S(=O)(=O)c1cc(C(=O)O[C@H](C)C(=O)Nc2ccc(NC(C)=O)cc2)ccc1C. The molecule has 0 heterocycles. The van der Waals surface area contributed by atoms with E-state index in [0.717, 1.165) is 0 Å². The van der Waals surface area contributed by atoms with Crippen molar-refractivity contribution in [2.24, 2.45) is 0 Å². The molecule has 194 valence electrons. The van der Waals surface area contributed by atoms with Crippen LogP contribution in [0.4, 0.5) is 17.1 Å². The summed E-state index contributed by atoms with van der Waals surface area (Å²) in [6, 6.07) is 19.4. The summed E-state index contributed by atoms with van der Waals surface area (Å²) in [5, 5.41) is 5.26. The van der Waals surface area contributed by atoms with Crippen LogP contribution in [0.1, 0.15) is 36.7 Å². The molecule has 2 amide bonds. The number of amides is 2. The number of hydrogen-bond donors (Lipinski definition) is 2. The average molecular weight is 524 g/mol. The molecule has 0 fully saturated rings. The summed E-state index contributed by atoms with van der Waals surface area (Å²) in [4.78, 5) is 36.5. The van der Waals surface area contributed by atoms with Gasteiger partial charge < -0.3 is 15.4 Å². The van der Waals surface area contributed by atoms with Crippen LogP contribution >= 0.6 is 0 Å². The largest absolute Gasteiger partial charge is 0.449 e. The quantitative estimate of drug-likeness (QED) is 0.402. The summed E-state index contributed by atoms with van der Waals surface area (Å²) >= 11 is 0. The minimum absolute atomic E-state index is 0.00704. The molecule has 0 radical (unpaired) electrons. The van der Waals surface area contributed by atoms with Crippen molar-refractivity contribution >= 4 is 44.9 Å². The molecule has 0 aliphatic carbocycles. The Labute approximate surface area is 216 Å². The summed E-state index contributed by atoms with van der Waals surface area (Å²) in [5.41, 5.74) is 2.01. The molecule has 9 nitrogen and oxygen atoms in total. The Kier molecular flexibility index (Phi) is 8.67. The number of para-hydroxylation sites is 1. The molecule has 3 aromatic rings. The predicted molar refractivity (Wildman–Crippen MR) is 142 cm³/mol. The maximum absolute atomic E-state index is 13.5. The van der Waals surface area contributed by atoms with Gasteiger partial charge in [-0.25, -0.2) is 13.2 Å². The van der Waals surface area contributed by atoms with Crippen LogP contribution in [-0.4, -0.2) is 38.9 Å². The van der Waals surface area contributed by atoms with E-state index in [0.29, 0.717) is 22.6 Å². The first-order valence-corrected chi connectivity index (χ1v) is 13.0. The van der Waals surface area contributed by atoms with Gasteiger partial charge in [-0.1, -0.05) is 24.3 Å². The van der Waals surface area contributed by atoms with E-state index >= 15 is 0 Å². The van der Waals surface area contributed by atoms with Gasteiger partial charge in [-0.2, -0.15) is 0 Å². The highest BCUT2D eigenvalue weighted by molar-refractivity contribution is 7.92. The summed E-state index contributed by atoms with van der Waals surface area (Å²) in [6.45, 7) is 6.38. The molecule has 0 unspecified atom stereocenters. The summed E-state index contributed by atoms with van der Waals surface area (Å²) < 4.78 is 33.5. The maximum Gasteiger partial charge on any atom is 0.338 e. The number of esters is 1. The Balaban J connectivity index is 1.74. The molecule has 0 aromatic heterocycles. The Morgan fingerprint density at radius 3 is 2.08 bits per heavy atom. The van der Waals surface area contributed by atoms with Crippen LogP contribution in [0.25, 0.3) is 0 Å². The molecule has 3 aromatic carbocycles. The van der Waals surface area contributed by atoms with Gasteiger partial charge in [0.05, 0.1) is 16.1 Å². The second kappa shape index (κ2) is 11.7. The topological polar surface area (TPSA) is 122 Å². The van der Waals surface area contributed by atoms with Crippen molar-refractivity contribution in [3.05, 3.63) is 83.9 Å². The highest BCUT2D eigenvalue weighted by atomic mass is 32.2. The molecule has 0 saturated heterocycles. The van der Waals surface area contributed by atoms with Gasteiger partial charge in [0.25, 0.3) is 15.9 Å². The number of benzene rings is 3. The van der Waals surface area contributed by atoms with E-state index < -0.39 is 28.0 Å². The highest BCUT2D eigenvalue weighted by Crippen LogP contribution is 2.26. The number of carbonyl (C=O) groups is 3. The smallest absolute Gasteiger partial charge is 0.338 e. The molecule has 1 atom stereocenters. The van der Waals surface area contributed by atoms with Crippen molar-refractivity contribution in [1.29, 1.82) is 0 Å². The number of ether oxygens (including phenoxy) is 1. The van der Waals surface area contributed by atoms with Gasteiger partial charge in [0.1, 0.15) is 0 Å². The lowest BCUT2D eigenvalue weighted by molar-refractivity contribution is -0.123. The van der Waals surface area contributed by atoms with Crippen molar-refractivity contribution in [3.8, 4) is 0 Å². The molecule has 0 aliphatic heterocycles. The second-order valence-corrected chi connectivity index (χ2v) is 10.1. The van der Waals surface area contributed by atoms with Gasteiger partial charge in [-0.3, -0.25) is 13.9 Å². The molecule has 37 heavy (non-hydrogen) atoms. The van der Waals surface area contributed by atoms with Crippen LogP contribution in [0.15, 0.2) is 77.7 Å². The van der Waals surface area contributed by atoms with Crippen molar-refractivity contribution in [2.75, 3.05) is 21.5 Å². The monoisotopic (exact) mass is 523 g/mol. The van der Waals surface area contributed by atoms with Gasteiger partial charge in [0, 0.05) is 24.8 Å². The first-order chi connectivity index (χ1) is 17.5. The van der Waals surface area contributed by atoms with E-state index in [1.54, 1.807) is 68.4 Å². The number of sulfonamides is 1. The zero-order valence-electron chi connectivity index (χ0n) is 21.0. The van der Waals surface area contributed by atoms with Crippen LogP contribution in [0.2, 0.25) is 0 Å². The van der Waals surface area contributed by atoms with Crippen molar-refractivity contribution in [3.63, 3.8) is 0 Å². The number of anilines is 3. The van der Waals surface area contributed by atoms with E-state index in [4.69, 9.17) is 4.74 Å². The molecule has 10 heteroatoms. The van der Waals surface area contributed by atoms with E-state index in [9.17, 15) is 22.8 Å². The fourth-order valence-electron chi connectivity index (χ4n) is 3.58. The molecular weight excluding hydrogens is 494 g/mol. The standard InChI is InChI=1S/C27H29N3O6S/c1-5-30(24-9-7-6-8-10-24)37(34,35)25-17-21(12-11-18(25)2)27(33)36-19(3)26(32)29-23-15-13-22(14-16-23)28-20(4)31/h6-17,19H,5H2,1-4H3,(H,28,31)(H,29,32)/t19-/m1/s1. The number of hydrogen-bond acceptors (Lipinski definition) is 6. The van der Waals surface area contributed by atoms with Crippen molar-refractivity contribution < 1.29 is 27.5 Å². The molecule has 0 aliphatic rings. The van der Waals surface area contributed by atoms with Gasteiger partial charge in [0.15, 0.2) is 6.10 Å². The first kappa shape index (κ1) is 27.4. The third kappa shape index (κ3) is 6.73. The molecule has 0 bridgehead atoms. The van der Waals surface area contributed by atoms with Gasteiger partial charge in [-0.15, -0.1) is 0 Å². The number of rotatable bonds is 9. The van der Waals surface area contributed by atoms with E-state index in [1.165, 1.54) is 36.4 Å². The van der Waals surface area contributed by atoms with Crippen LogP contribution in [0.5, 0.6) is 0 Å². The third-order valence-electron chi connectivity index (χ3n) is 5.45. The zero-order valence-corrected chi connectivity index (χ0v) is 21.8. The van der Waals surface area contributed by atoms with E-state index in [1.807, 2.05) is 0 Å². The normalized spacial score (nSPS) is 11.8. The van der Waals surface area contributed by atoms with Crippen molar-refractivity contribution in [1.82, 2.24) is 0 Å². The minimum atomic E-state index is -3.97. The maximum atomic E-state index is 13.5. The van der Waals surface area contributed by atoms with E-state index in [-0.39, 0.29) is 22.9 Å². The number of carbonyl (C=O) groups excluding carboxylic acids is 3. The first-order valence-electron chi connectivity index (χ1n) is 11.6. The Hall–Kier alpha value is -4.18. The Morgan fingerprint density at radius 1 is 0.919 bits per heavy atom. The van der Waals surface area contributed by atoms with Crippen LogP contribution in [0.3, 0.4) is 0 Å². The summed E-state index contributed by atoms with van der Waals surface area (Å²) in [5.74, 6) is -1.61. The molecular formula is C27H29N3O6S. The average Bonchev–Trinajstić information content (AvgIpc) is 2.86. The number of nitrogens with zero attached hydrogens (tertiary/aromatic N) is 1. The highest BCUT2D eigenvalue weighted by Gasteiger charge is 2.27. The third-order valence-corrected chi connectivity index (χ3v) is 7.49. The molecule has 0 spiro atoms. The fourth-order valence-corrected chi connectivity index (χ4v) is 5.30. The number of nitrogens with one attached hydrogen (secondary N) is 2. The zero-order chi connectivity index (χ0) is 27.2. The summed E-state index contributed by atoms with van der Waals surface area (Å²) in [6.07, 6.45) is -1.15. The van der Waals surface area contributed by atoms with E-state index in [2.05, 4.69) is 10.6 Å². The second-order valence-electron chi connectivity index (χ2n) is 8.28. The van der Waals surface area contributed by atoms with Crippen molar-refractivity contribution in [2.45, 2.75) is 38.7 Å². The van der Waals surface area contributed by atoms with Gasteiger partial charge in [-0.05, 0) is 74.9 Å². The van der Waals surface area contributed by atoms with Crippen LogP contribution in [0, 0.1) is 6.92 Å². The molecule has 3 rings (SSSR count). The Morgan fingerprint density at radius 2 is 1.51 bits per heavy atom. The molecule has 0 saturated carbocycles. The van der Waals surface area contributed by atoms with Crippen LogP contribution < -0.4 is 14.9 Å². The minimum Gasteiger partial charge on any atom is -0.449 e. The lowest BCUT2D eigenvalue weighted by Crippen LogP contribution is -2.32. The Bertz CT molecular complexity index is 1390. The lowest BCUT2D eigenvalue weighted by atomic mass is 10.1. The predicted octanol–water partition coefficient (Wildman–Crippen LogP) is 4.35. The van der Waals surface area contributed by atoms with Crippen LogP contribution in [-0.2, 0) is 24.3 Å². The van der Waals surface area contributed by atoms with Gasteiger partial charge in [0.2, 0.25) is 5.91 Å². The number of aryl methyl sites for hydroxylation is 1. The summed E-state index contributed by atoms with van der Waals surface area (Å²) in [7, 11) is -3.97. The fraction of sp³-hybridized carbons (Fsp3) is 0.222.